The number of hydrogen-bond donors (Lipinski definition) is 1. The van der Waals surface area contributed by atoms with Crippen LogP contribution in [0.3, 0.4) is 0 Å². The molecule has 0 fully saturated rings. The predicted octanol–water partition coefficient (Wildman–Crippen LogP) is 0.540. The van der Waals surface area contributed by atoms with E-state index in [1.807, 2.05) is 0 Å². The van der Waals surface area contributed by atoms with Gasteiger partial charge in [-0.1, -0.05) is 0 Å². The molecule has 1 heterocycles. The van der Waals surface area contributed by atoms with Crippen LogP contribution in [0.4, 0.5) is 5.69 Å². The van der Waals surface area contributed by atoms with Crippen molar-refractivity contribution in [3.63, 3.8) is 0 Å². The molecule has 0 aliphatic carbocycles. The van der Waals surface area contributed by atoms with Crippen molar-refractivity contribution in [3.05, 3.63) is 44.4 Å². The number of aromatic carboxylic acids is 1. The van der Waals surface area contributed by atoms with Gasteiger partial charge in [-0.05, 0) is 6.07 Å². The van der Waals surface area contributed by atoms with E-state index in [1.54, 1.807) is 0 Å². The van der Waals surface area contributed by atoms with Gasteiger partial charge in [-0.2, -0.15) is 0 Å². The Hall–Kier alpha value is -2.77. The Kier molecular flexibility index (Phi) is 2.55. The molecule has 2 rings (SSSR count). The zero-order chi connectivity index (χ0) is 13.4. The van der Waals surface area contributed by atoms with E-state index >= 15 is 0 Å². The summed E-state index contributed by atoms with van der Waals surface area (Å²) in [6, 6.07) is 3.68. The fraction of sp³-hybridized carbons (Fsp3) is 0.100. The molecule has 0 radical (unpaired) electrons. The molecule has 0 saturated heterocycles. The van der Waals surface area contributed by atoms with Gasteiger partial charge >= 0.3 is 5.97 Å². The topological polar surface area (TPSA) is 115 Å². The summed E-state index contributed by atoms with van der Waals surface area (Å²) in [6.45, 7) is 0. The average Bonchev–Trinajstić information content (AvgIpc) is 2.32. The maximum Gasteiger partial charge on any atom is 0.360 e. The molecule has 1 aromatic heterocycles. The number of aryl methyl sites for hydroxylation is 1. The lowest BCUT2D eigenvalue weighted by Gasteiger charge is -2.05. The average molecular weight is 249 g/mol. The minimum Gasteiger partial charge on any atom is -0.476 e. The third-order valence-electron chi connectivity index (χ3n) is 2.47. The van der Waals surface area contributed by atoms with Crippen LogP contribution in [0.5, 0.6) is 0 Å². The fourth-order valence-corrected chi connectivity index (χ4v) is 1.56. The van der Waals surface area contributed by atoms with E-state index in [2.05, 4.69) is 4.98 Å². The Balaban J connectivity index is 2.87. The fourth-order valence-electron chi connectivity index (χ4n) is 1.56. The smallest absolute Gasteiger partial charge is 0.360 e. The van der Waals surface area contributed by atoms with Crippen molar-refractivity contribution in [2.24, 2.45) is 7.05 Å². The number of fused-ring (bicyclic) bond motifs is 1. The lowest BCUT2D eigenvalue weighted by atomic mass is 10.2. The lowest BCUT2D eigenvalue weighted by molar-refractivity contribution is -0.384. The third-order valence-corrected chi connectivity index (χ3v) is 2.47. The van der Waals surface area contributed by atoms with Gasteiger partial charge < -0.3 is 9.67 Å². The van der Waals surface area contributed by atoms with E-state index in [9.17, 15) is 19.7 Å². The second kappa shape index (κ2) is 3.91. The monoisotopic (exact) mass is 249 g/mol. The summed E-state index contributed by atoms with van der Waals surface area (Å²) in [5.41, 5.74) is -1.20. The molecule has 1 aromatic carbocycles. The highest BCUT2D eigenvalue weighted by Gasteiger charge is 2.16. The lowest BCUT2D eigenvalue weighted by Crippen LogP contribution is -2.26. The first-order valence-electron chi connectivity index (χ1n) is 4.80. The number of nitrogens with zero attached hydrogens (tertiary/aromatic N) is 3. The van der Waals surface area contributed by atoms with E-state index in [4.69, 9.17) is 5.11 Å². The van der Waals surface area contributed by atoms with E-state index in [0.29, 0.717) is 0 Å². The number of aromatic nitrogens is 2. The molecule has 0 aliphatic heterocycles. The summed E-state index contributed by atoms with van der Waals surface area (Å²) in [5.74, 6) is -1.43. The SMILES string of the molecule is Cn1c(=O)c(C(=O)O)nc2ccc([N+](=O)[O-])cc21. The van der Waals surface area contributed by atoms with Gasteiger partial charge in [0, 0.05) is 19.2 Å². The molecule has 0 amide bonds. The molecular formula is C10H7N3O5. The molecule has 0 unspecified atom stereocenters. The number of non-ortho nitro benzene ring substituents is 1. The minimum absolute atomic E-state index is 0.192. The van der Waals surface area contributed by atoms with Crippen LogP contribution in [-0.4, -0.2) is 25.6 Å². The summed E-state index contributed by atoms with van der Waals surface area (Å²) in [6.07, 6.45) is 0. The number of benzene rings is 1. The highest BCUT2D eigenvalue weighted by atomic mass is 16.6. The highest BCUT2D eigenvalue weighted by Crippen LogP contribution is 2.18. The number of rotatable bonds is 2. The van der Waals surface area contributed by atoms with Gasteiger partial charge in [-0.15, -0.1) is 0 Å². The minimum atomic E-state index is -1.43. The molecule has 1 N–H and O–H groups in total. The normalized spacial score (nSPS) is 10.5. The first kappa shape index (κ1) is 11.7. The van der Waals surface area contributed by atoms with Crippen LogP contribution in [-0.2, 0) is 7.05 Å². The third kappa shape index (κ3) is 1.69. The molecule has 0 bridgehead atoms. The summed E-state index contributed by atoms with van der Waals surface area (Å²) in [5, 5.41) is 19.4. The van der Waals surface area contributed by atoms with Crippen LogP contribution in [0.25, 0.3) is 11.0 Å². The van der Waals surface area contributed by atoms with Crippen molar-refractivity contribution in [1.82, 2.24) is 9.55 Å². The van der Waals surface area contributed by atoms with E-state index in [1.165, 1.54) is 25.2 Å². The van der Waals surface area contributed by atoms with E-state index < -0.39 is 22.1 Å². The van der Waals surface area contributed by atoms with Gasteiger partial charge in [-0.3, -0.25) is 14.9 Å². The van der Waals surface area contributed by atoms with Crippen LogP contribution in [0.1, 0.15) is 10.5 Å². The second-order valence-electron chi connectivity index (χ2n) is 3.56. The van der Waals surface area contributed by atoms with Crippen LogP contribution >= 0.6 is 0 Å². The Bertz CT molecular complexity index is 734. The predicted molar refractivity (Wildman–Crippen MR) is 60.6 cm³/mol. The molecule has 8 nitrogen and oxygen atoms in total. The first-order chi connectivity index (χ1) is 8.41. The van der Waals surface area contributed by atoms with Crippen LogP contribution in [0.2, 0.25) is 0 Å². The first-order valence-corrected chi connectivity index (χ1v) is 4.80. The second-order valence-corrected chi connectivity index (χ2v) is 3.56. The van der Waals surface area contributed by atoms with Gasteiger partial charge in [0.25, 0.3) is 11.2 Å². The Morgan fingerprint density at radius 1 is 1.50 bits per heavy atom. The number of carboxylic acid groups (broad SMARTS) is 1. The van der Waals surface area contributed by atoms with Crippen molar-refractivity contribution >= 4 is 22.7 Å². The maximum atomic E-state index is 11.7. The van der Waals surface area contributed by atoms with Crippen molar-refractivity contribution < 1.29 is 14.8 Å². The van der Waals surface area contributed by atoms with Gasteiger partial charge in [0.15, 0.2) is 0 Å². The van der Waals surface area contributed by atoms with Crippen LogP contribution in [0.15, 0.2) is 23.0 Å². The molecule has 0 saturated carbocycles. The Morgan fingerprint density at radius 2 is 2.17 bits per heavy atom. The van der Waals surface area contributed by atoms with Crippen LogP contribution in [0, 0.1) is 10.1 Å². The summed E-state index contributed by atoms with van der Waals surface area (Å²) in [7, 11) is 1.34. The number of carbonyl (C=O) groups is 1. The zero-order valence-electron chi connectivity index (χ0n) is 9.15. The van der Waals surface area contributed by atoms with Gasteiger partial charge in [0.2, 0.25) is 5.69 Å². The van der Waals surface area contributed by atoms with Crippen molar-refractivity contribution in [2.75, 3.05) is 0 Å². The number of nitro benzene ring substituents is 1. The number of hydrogen-bond acceptors (Lipinski definition) is 5. The zero-order valence-corrected chi connectivity index (χ0v) is 9.15. The van der Waals surface area contributed by atoms with Gasteiger partial charge in [0.1, 0.15) is 0 Å². The van der Waals surface area contributed by atoms with Crippen molar-refractivity contribution in [1.29, 1.82) is 0 Å². The molecule has 0 aliphatic rings. The largest absolute Gasteiger partial charge is 0.476 e. The maximum absolute atomic E-state index is 11.7. The molecule has 92 valence electrons. The summed E-state index contributed by atoms with van der Waals surface area (Å²) in [4.78, 5) is 36.2. The number of nitro groups is 1. The van der Waals surface area contributed by atoms with E-state index in [-0.39, 0.29) is 16.7 Å². The molecule has 2 aromatic rings. The quantitative estimate of drug-likeness (QED) is 0.613. The van der Waals surface area contributed by atoms with Gasteiger partial charge in [0.05, 0.1) is 16.0 Å². The molecule has 0 spiro atoms. The Morgan fingerprint density at radius 3 is 2.72 bits per heavy atom. The summed E-state index contributed by atoms with van der Waals surface area (Å²) >= 11 is 0. The van der Waals surface area contributed by atoms with Crippen molar-refractivity contribution in [3.8, 4) is 0 Å². The Labute approximate surface area is 99.3 Å². The standard InChI is InChI=1S/C10H7N3O5/c1-12-7-4-5(13(17)18)2-3-6(7)11-8(9(12)14)10(15)16/h2-4H,1H3,(H,15,16). The molecule has 8 heteroatoms. The highest BCUT2D eigenvalue weighted by molar-refractivity contribution is 5.88. The van der Waals surface area contributed by atoms with E-state index in [0.717, 1.165) is 4.57 Å². The number of carboxylic acids is 1. The van der Waals surface area contributed by atoms with Crippen LogP contribution < -0.4 is 5.56 Å². The van der Waals surface area contributed by atoms with Crippen molar-refractivity contribution in [2.45, 2.75) is 0 Å². The molecule has 18 heavy (non-hydrogen) atoms. The van der Waals surface area contributed by atoms with Gasteiger partial charge in [-0.25, -0.2) is 9.78 Å². The molecular weight excluding hydrogens is 242 g/mol. The summed E-state index contributed by atoms with van der Waals surface area (Å²) < 4.78 is 1.03. The molecule has 0 atom stereocenters.